The molecular weight excluding hydrogens is 868 g/mol. The molecule has 0 heterocycles. The van der Waals surface area contributed by atoms with Gasteiger partial charge in [-0.25, -0.2) is 4.79 Å². The fourth-order valence-corrected chi connectivity index (χ4v) is 5.38. The molecule has 8 atom stereocenters. The van der Waals surface area contributed by atoms with Crippen LogP contribution in [0.1, 0.15) is 91.4 Å². The number of nitrogens with one attached hydrogen (secondary N) is 8. The fourth-order valence-electron chi connectivity index (χ4n) is 5.38. The molecular formula is C37H62N12O16. The van der Waals surface area contributed by atoms with Gasteiger partial charge in [0, 0.05) is 25.7 Å². The van der Waals surface area contributed by atoms with Crippen molar-refractivity contribution < 1.29 is 77.6 Å². The standard InChI is InChI=1S/C37H62N12O16/c1-17(30(57)42-16-27(52)46-24(37(64)65)6-4-5-15-38)44-34(61)21(8-11-25(40)50)47-32(59)19(3)45-35(62)23(10-14-29(55)56)49-36(63)22(9-12-26(41)51)48-31(58)18(2)43-33(60)20(39)7-13-28(53)54/h17-24H,4-16,38-39H2,1-3H3,(H2,40,50)(H2,41,51)(H,42,57)(H,43,60)(H,44,61)(H,45,62)(H,46,52)(H,47,59)(H,48,58)(H,49,63)(H,53,54)(H,55,56)(H,64,65)/t17-,18-,19-,20-,21-,22-,23-,24-/m0/s1. The molecule has 0 aliphatic rings. The van der Waals surface area contributed by atoms with E-state index in [1.54, 1.807) is 0 Å². The Kier molecular flexibility index (Phi) is 26.9. The van der Waals surface area contributed by atoms with Gasteiger partial charge in [-0.2, -0.15) is 0 Å². The molecule has 0 unspecified atom stereocenters. The van der Waals surface area contributed by atoms with Crippen molar-refractivity contribution in [2.45, 2.75) is 140 Å². The van der Waals surface area contributed by atoms with Gasteiger partial charge < -0.3 is 80.8 Å². The highest BCUT2D eigenvalue weighted by Gasteiger charge is 2.32. The Hall–Kier alpha value is -6.97. The Morgan fingerprint density at radius 1 is 0.446 bits per heavy atom. The number of hydrogen-bond donors (Lipinski definition) is 15. The van der Waals surface area contributed by atoms with Crippen LogP contribution in [-0.4, -0.2) is 154 Å². The molecule has 366 valence electrons. The van der Waals surface area contributed by atoms with Crippen LogP contribution in [-0.2, 0) is 62.3 Å². The maximum Gasteiger partial charge on any atom is 0.326 e. The lowest BCUT2D eigenvalue weighted by Crippen LogP contribution is -2.59. The summed E-state index contributed by atoms with van der Waals surface area (Å²) in [5.41, 5.74) is 21.5. The highest BCUT2D eigenvalue weighted by atomic mass is 16.4. The van der Waals surface area contributed by atoms with E-state index < -0.39 is 177 Å². The minimum Gasteiger partial charge on any atom is -0.481 e. The zero-order valence-corrected chi connectivity index (χ0v) is 36.3. The lowest BCUT2D eigenvalue weighted by Gasteiger charge is -2.26. The van der Waals surface area contributed by atoms with Crippen molar-refractivity contribution in [2.24, 2.45) is 22.9 Å². The summed E-state index contributed by atoms with van der Waals surface area (Å²) in [6.07, 6.45) is -2.71. The third-order valence-electron chi connectivity index (χ3n) is 9.17. The highest BCUT2D eigenvalue weighted by molar-refractivity contribution is 5.98. The van der Waals surface area contributed by atoms with E-state index in [4.69, 9.17) is 28.0 Å². The van der Waals surface area contributed by atoms with Gasteiger partial charge in [0.2, 0.25) is 59.1 Å². The Balaban J connectivity index is 5.88. The molecule has 0 saturated heterocycles. The van der Waals surface area contributed by atoms with Gasteiger partial charge in [0.25, 0.3) is 0 Å². The first-order chi connectivity index (χ1) is 30.3. The van der Waals surface area contributed by atoms with E-state index in [-0.39, 0.29) is 12.8 Å². The summed E-state index contributed by atoms with van der Waals surface area (Å²) >= 11 is 0. The molecule has 0 saturated carbocycles. The van der Waals surface area contributed by atoms with Crippen molar-refractivity contribution in [3.8, 4) is 0 Å². The van der Waals surface area contributed by atoms with Crippen molar-refractivity contribution >= 4 is 77.0 Å². The second-order valence-electron chi connectivity index (χ2n) is 14.8. The minimum atomic E-state index is -1.70. The molecule has 0 aromatic heterocycles. The van der Waals surface area contributed by atoms with Crippen molar-refractivity contribution in [3.05, 3.63) is 0 Å². The zero-order valence-electron chi connectivity index (χ0n) is 36.3. The first-order valence-electron chi connectivity index (χ1n) is 20.4. The number of aliphatic carboxylic acids is 3. The third kappa shape index (κ3) is 25.1. The van der Waals surface area contributed by atoms with Crippen molar-refractivity contribution in [2.75, 3.05) is 13.1 Å². The van der Waals surface area contributed by atoms with Crippen LogP contribution in [0.5, 0.6) is 0 Å². The van der Waals surface area contributed by atoms with Crippen molar-refractivity contribution in [3.63, 3.8) is 0 Å². The number of unbranched alkanes of at least 4 members (excludes halogenated alkanes) is 1. The minimum absolute atomic E-state index is 0.0882. The van der Waals surface area contributed by atoms with Crippen LogP contribution in [0.2, 0.25) is 0 Å². The number of rotatable bonds is 33. The van der Waals surface area contributed by atoms with Crippen LogP contribution in [0, 0.1) is 0 Å². The van der Waals surface area contributed by atoms with Gasteiger partial charge >= 0.3 is 17.9 Å². The number of carboxylic acid groups (broad SMARTS) is 3. The maximum atomic E-state index is 13.4. The van der Waals surface area contributed by atoms with E-state index >= 15 is 0 Å². The smallest absolute Gasteiger partial charge is 0.326 e. The number of carbonyl (C=O) groups is 13. The average molecular weight is 931 g/mol. The van der Waals surface area contributed by atoms with E-state index in [2.05, 4.69) is 42.5 Å². The number of amides is 10. The summed E-state index contributed by atoms with van der Waals surface area (Å²) in [7, 11) is 0. The van der Waals surface area contributed by atoms with Gasteiger partial charge in [0.05, 0.1) is 12.6 Å². The van der Waals surface area contributed by atoms with Gasteiger partial charge in [0.1, 0.15) is 42.3 Å². The van der Waals surface area contributed by atoms with Crippen molar-refractivity contribution in [1.82, 2.24) is 42.5 Å². The number of carboxylic acids is 3. The molecule has 0 fully saturated rings. The SMILES string of the molecule is C[C@H](NC(=O)[C@H](CCC(N)=O)NC(=O)[C@H](C)NC(=O)[C@H](CCC(=O)O)NC(=O)[C@H](CCC(N)=O)NC(=O)[C@H](C)NC(=O)[C@@H](N)CCC(=O)O)C(=O)NCC(=O)N[C@@H](CCCCN)C(=O)O. The lowest BCUT2D eigenvalue weighted by atomic mass is 10.1. The molecule has 28 nitrogen and oxygen atoms in total. The summed E-state index contributed by atoms with van der Waals surface area (Å²) in [5, 5.41) is 45.6. The number of nitrogens with two attached hydrogens (primary N) is 4. The summed E-state index contributed by atoms with van der Waals surface area (Å²) < 4.78 is 0. The quantitative estimate of drug-likeness (QED) is 0.0272. The second kappa shape index (κ2) is 30.2. The Bertz CT molecular complexity index is 1750. The molecule has 0 aliphatic carbocycles. The van der Waals surface area contributed by atoms with E-state index in [1.807, 2.05) is 0 Å². The number of hydrogen-bond acceptors (Lipinski definition) is 15. The topological polar surface area (TPSA) is 483 Å². The molecule has 0 aromatic rings. The normalized spacial score (nSPS) is 14.4. The molecule has 65 heavy (non-hydrogen) atoms. The Morgan fingerprint density at radius 2 is 0.831 bits per heavy atom. The zero-order chi connectivity index (χ0) is 50.0. The van der Waals surface area contributed by atoms with E-state index in [0.717, 1.165) is 6.92 Å². The lowest BCUT2D eigenvalue weighted by molar-refractivity contribution is -0.142. The van der Waals surface area contributed by atoms with Crippen LogP contribution < -0.4 is 65.5 Å². The summed E-state index contributed by atoms with van der Waals surface area (Å²) in [5.74, 6) is -13.6. The van der Waals surface area contributed by atoms with E-state index in [9.17, 15) is 72.5 Å². The molecule has 0 aromatic carbocycles. The second-order valence-corrected chi connectivity index (χ2v) is 14.8. The molecule has 28 heteroatoms. The van der Waals surface area contributed by atoms with Crippen LogP contribution in [0.25, 0.3) is 0 Å². The van der Waals surface area contributed by atoms with Gasteiger partial charge in [-0.3, -0.25) is 57.5 Å². The number of carbonyl (C=O) groups excluding carboxylic acids is 10. The van der Waals surface area contributed by atoms with Gasteiger partial charge in [-0.05, 0) is 72.3 Å². The predicted molar refractivity (Wildman–Crippen MR) is 223 cm³/mol. The monoisotopic (exact) mass is 930 g/mol. The average Bonchev–Trinajstić information content (AvgIpc) is 3.22. The Labute approximate surface area is 372 Å². The third-order valence-corrected chi connectivity index (χ3v) is 9.17. The summed E-state index contributed by atoms with van der Waals surface area (Å²) in [4.78, 5) is 161. The van der Waals surface area contributed by atoms with Gasteiger partial charge in [0.15, 0.2) is 0 Å². The predicted octanol–water partition coefficient (Wildman–Crippen LogP) is -6.64. The molecule has 0 spiro atoms. The van der Waals surface area contributed by atoms with Gasteiger partial charge in [-0.15, -0.1) is 0 Å². The summed E-state index contributed by atoms with van der Waals surface area (Å²) in [6, 6.07) is -11.7. The van der Waals surface area contributed by atoms with Crippen LogP contribution in [0.4, 0.5) is 0 Å². The number of primary amides is 2. The van der Waals surface area contributed by atoms with Crippen LogP contribution in [0.15, 0.2) is 0 Å². The molecule has 19 N–H and O–H groups in total. The van der Waals surface area contributed by atoms with E-state index in [0.29, 0.717) is 19.4 Å². The van der Waals surface area contributed by atoms with E-state index in [1.165, 1.54) is 13.8 Å². The molecule has 0 bridgehead atoms. The van der Waals surface area contributed by atoms with Gasteiger partial charge in [-0.1, -0.05) is 0 Å². The first-order valence-corrected chi connectivity index (χ1v) is 20.4. The summed E-state index contributed by atoms with van der Waals surface area (Å²) in [6.45, 7) is 3.21. The molecule has 0 aliphatic heterocycles. The highest BCUT2D eigenvalue weighted by Crippen LogP contribution is 2.06. The van der Waals surface area contributed by atoms with Crippen molar-refractivity contribution in [1.29, 1.82) is 0 Å². The van der Waals surface area contributed by atoms with Crippen LogP contribution in [0.3, 0.4) is 0 Å². The van der Waals surface area contributed by atoms with Crippen LogP contribution >= 0.6 is 0 Å². The largest absolute Gasteiger partial charge is 0.481 e. The molecule has 0 radical (unpaired) electrons. The molecule has 10 amide bonds. The molecule has 0 rings (SSSR count). The Morgan fingerprint density at radius 3 is 1.25 bits per heavy atom. The first kappa shape index (κ1) is 58.0. The fraction of sp³-hybridized carbons (Fsp3) is 0.649. The maximum absolute atomic E-state index is 13.4.